The molecule has 0 saturated heterocycles. The first-order valence-electron chi connectivity index (χ1n) is 18.1. The third-order valence-electron chi connectivity index (χ3n) is 8.29. The van der Waals surface area contributed by atoms with E-state index in [0.29, 0.717) is 12.8 Å². The zero-order valence-corrected chi connectivity index (χ0v) is 27.9. The van der Waals surface area contributed by atoms with Crippen LogP contribution in [0.3, 0.4) is 0 Å². The van der Waals surface area contributed by atoms with Crippen molar-refractivity contribution in [3.63, 3.8) is 0 Å². The van der Waals surface area contributed by atoms with Crippen molar-refractivity contribution in [3.8, 4) is 0 Å². The van der Waals surface area contributed by atoms with Crippen LogP contribution in [0.4, 0.5) is 0 Å². The van der Waals surface area contributed by atoms with E-state index >= 15 is 0 Å². The molecule has 0 aliphatic heterocycles. The number of rotatable bonds is 32. The number of hydrogen-bond donors (Lipinski definition) is 4. The molecule has 0 bridgehead atoms. The Morgan fingerprint density at radius 1 is 0.571 bits per heavy atom. The van der Waals surface area contributed by atoms with Gasteiger partial charge in [-0.3, -0.25) is 4.79 Å². The number of carbonyl (C=O) groups is 1. The lowest BCUT2D eigenvalue weighted by molar-refractivity contribution is -0.124. The fraction of sp³-hybridized carbons (Fsp3) is 0.865. The smallest absolute Gasteiger partial charge is 0.220 e. The van der Waals surface area contributed by atoms with Gasteiger partial charge in [-0.1, -0.05) is 147 Å². The Balaban J connectivity index is 3.73. The Bertz CT molecular complexity index is 621. The molecule has 1 amide bonds. The fourth-order valence-corrected chi connectivity index (χ4v) is 5.41. The molecule has 0 aliphatic carbocycles. The van der Waals surface area contributed by atoms with Crippen LogP contribution in [0.1, 0.15) is 181 Å². The van der Waals surface area contributed by atoms with E-state index < -0.39 is 18.2 Å². The summed E-state index contributed by atoms with van der Waals surface area (Å²) in [6.45, 7) is 4.11. The minimum atomic E-state index is -1.16. The maximum atomic E-state index is 12.3. The van der Waals surface area contributed by atoms with Crippen molar-refractivity contribution in [3.05, 3.63) is 24.3 Å². The highest BCUT2D eigenvalue weighted by atomic mass is 16.3. The average Bonchev–Trinajstić information content (AvgIpc) is 2.99. The molecule has 3 atom stereocenters. The summed E-state index contributed by atoms with van der Waals surface area (Å²) in [5, 5.41) is 33.2. The quantitative estimate of drug-likeness (QED) is 0.0462. The maximum Gasteiger partial charge on any atom is 0.220 e. The molecule has 248 valence electrons. The number of hydrogen-bond acceptors (Lipinski definition) is 4. The minimum absolute atomic E-state index is 0.159. The van der Waals surface area contributed by atoms with E-state index in [9.17, 15) is 20.1 Å². The van der Waals surface area contributed by atoms with Crippen molar-refractivity contribution >= 4 is 5.91 Å². The zero-order chi connectivity index (χ0) is 30.9. The van der Waals surface area contributed by atoms with E-state index in [1.54, 1.807) is 0 Å². The fourth-order valence-electron chi connectivity index (χ4n) is 5.41. The second-order valence-electron chi connectivity index (χ2n) is 12.4. The van der Waals surface area contributed by atoms with E-state index in [1.165, 1.54) is 109 Å². The first-order valence-corrected chi connectivity index (χ1v) is 18.1. The van der Waals surface area contributed by atoms with E-state index in [2.05, 4.69) is 43.5 Å². The van der Waals surface area contributed by atoms with Crippen molar-refractivity contribution in [1.29, 1.82) is 0 Å². The van der Waals surface area contributed by atoms with Crippen LogP contribution in [-0.4, -0.2) is 46.1 Å². The number of allylic oxidation sites excluding steroid dienone is 4. The van der Waals surface area contributed by atoms with Gasteiger partial charge in [0.15, 0.2) is 0 Å². The van der Waals surface area contributed by atoms with Crippen LogP contribution in [0.15, 0.2) is 24.3 Å². The highest BCUT2D eigenvalue weighted by Crippen LogP contribution is 2.15. The van der Waals surface area contributed by atoms with Crippen molar-refractivity contribution < 1.29 is 20.1 Å². The normalized spacial score (nSPS) is 14.1. The van der Waals surface area contributed by atoms with E-state index in [1.807, 2.05) is 0 Å². The van der Waals surface area contributed by atoms with Gasteiger partial charge < -0.3 is 20.6 Å². The van der Waals surface area contributed by atoms with Gasteiger partial charge in [0, 0.05) is 6.42 Å². The Morgan fingerprint density at radius 2 is 0.976 bits per heavy atom. The second kappa shape index (κ2) is 32.7. The molecule has 0 aromatic heterocycles. The van der Waals surface area contributed by atoms with Crippen molar-refractivity contribution in [1.82, 2.24) is 5.32 Å². The standard InChI is InChI=1S/C37H71NO4/c1-3-5-7-9-11-13-15-17-18-19-20-22-24-26-28-30-32-36(41)38-34(33-39)37(42)35(40)31-29-27-25-23-21-16-14-12-10-8-6-4-2/h12,14,23,25,34-35,37,39-40,42H,3-11,13,15-22,24,26-33H2,1-2H3,(H,38,41)/b14-12+,25-23+. The first kappa shape index (κ1) is 40.8. The lowest BCUT2D eigenvalue weighted by Crippen LogP contribution is -2.50. The molecular weight excluding hydrogens is 522 g/mol. The molecule has 42 heavy (non-hydrogen) atoms. The SMILES string of the molecule is CCCCC/C=C/CC/C=C/CCCC(O)C(O)C(CO)NC(=O)CCCCCCCCCCCCCCCCCC. The number of nitrogens with one attached hydrogen (secondary N) is 1. The number of carbonyl (C=O) groups excluding carboxylic acids is 1. The highest BCUT2D eigenvalue weighted by molar-refractivity contribution is 5.76. The third kappa shape index (κ3) is 27.7. The highest BCUT2D eigenvalue weighted by Gasteiger charge is 2.26. The maximum absolute atomic E-state index is 12.3. The van der Waals surface area contributed by atoms with Gasteiger partial charge in [0.05, 0.1) is 18.8 Å². The first-order chi connectivity index (χ1) is 20.6. The van der Waals surface area contributed by atoms with Gasteiger partial charge in [-0.15, -0.1) is 0 Å². The Kier molecular flexibility index (Phi) is 31.8. The summed E-state index contributed by atoms with van der Waals surface area (Å²) in [4.78, 5) is 12.3. The zero-order valence-electron chi connectivity index (χ0n) is 27.9. The van der Waals surface area contributed by atoms with Gasteiger partial charge in [0.2, 0.25) is 5.91 Å². The molecule has 0 saturated carbocycles. The number of aliphatic hydroxyl groups excluding tert-OH is 3. The number of aliphatic hydroxyl groups is 3. The van der Waals surface area contributed by atoms with Crippen LogP contribution >= 0.6 is 0 Å². The summed E-state index contributed by atoms with van der Waals surface area (Å²) in [5.41, 5.74) is 0. The molecule has 5 heteroatoms. The molecule has 0 radical (unpaired) electrons. The molecule has 0 aromatic rings. The van der Waals surface area contributed by atoms with Crippen molar-refractivity contribution in [2.24, 2.45) is 0 Å². The molecule has 0 heterocycles. The van der Waals surface area contributed by atoms with Gasteiger partial charge in [0.1, 0.15) is 6.10 Å². The Labute approximate surface area is 261 Å². The Morgan fingerprint density at radius 3 is 1.45 bits per heavy atom. The number of amides is 1. The van der Waals surface area contributed by atoms with Crippen LogP contribution in [0.5, 0.6) is 0 Å². The summed E-state index contributed by atoms with van der Waals surface area (Å²) in [5.74, 6) is -0.159. The molecule has 0 spiro atoms. The molecule has 0 fully saturated rings. The topological polar surface area (TPSA) is 89.8 Å². The monoisotopic (exact) mass is 594 g/mol. The van der Waals surface area contributed by atoms with E-state index in [0.717, 1.165) is 44.9 Å². The summed E-state index contributed by atoms with van der Waals surface area (Å²) >= 11 is 0. The minimum Gasteiger partial charge on any atom is -0.394 e. The predicted octanol–water partition coefficient (Wildman–Crippen LogP) is 9.48. The van der Waals surface area contributed by atoms with E-state index in [-0.39, 0.29) is 12.5 Å². The van der Waals surface area contributed by atoms with Gasteiger partial charge in [-0.2, -0.15) is 0 Å². The molecule has 3 unspecified atom stereocenters. The van der Waals surface area contributed by atoms with Gasteiger partial charge >= 0.3 is 0 Å². The molecular formula is C37H71NO4. The van der Waals surface area contributed by atoms with Crippen molar-refractivity contribution in [2.75, 3.05) is 6.61 Å². The summed E-state index contributed by atoms with van der Waals surface area (Å²) < 4.78 is 0. The van der Waals surface area contributed by atoms with Gasteiger partial charge in [-0.25, -0.2) is 0 Å². The van der Waals surface area contributed by atoms with Crippen LogP contribution in [0.25, 0.3) is 0 Å². The van der Waals surface area contributed by atoms with Crippen LogP contribution < -0.4 is 5.32 Å². The van der Waals surface area contributed by atoms with Crippen LogP contribution in [-0.2, 0) is 4.79 Å². The predicted molar refractivity (Wildman–Crippen MR) is 181 cm³/mol. The Hall–Kier alpha value is -1.17. The largest absolute Gasteiger partial charge is 0.394 e. The van der Waals surface area contributed by atoms with Crippen molar-refractivity contribution in [2.45, 2.75) is 199 Å². The molecule has 0 aliphatic rings. The lowest BCUT2D eigenvalue weighted by atomic mass is 10.0. The summed E-state index contributed by atoms with van der Waals surface area (Å²) in [6.07, 6.45) is 37.0. The van der Waals surface area contributed by atoms with Crippen LogP contribution in [0, 0.1) is 0 Å². The number of unbranched alkanes of at least 4 members (excludes halogenated alkanes) is 20. The molecule has 0 aromatic carbocycles. The lowest BCUT2D eigenvalue weighted by Gasteiger charge is -2.26. The molecule has 5 nitrogen and oxygen atoms in total. The van der Waals surface area contributed by atoms with Crippen LogP contribution in [0.2, 0.25) is 0 Å². The summed E-state index contributed by atoms with van der Waals surface area (Å²) in [7, 11) is 0. The average molecular weight is 594 g/mol. The van der Waals surface area contributed by atoms with Gasteiger partial charge in [0.25, 0.3) is 0 Å². The molecule has 0 rings (SSSR count). The van der Waals surface area contributed by atoms with Gasteiger partial charge in [-0.05, 0) is 51.4 Å². The molecule has 4 N–H and O–H groups in total. The summed E-state index contributed by atoms with van der Waals surface area (Å²) in [6, 6.07) is -0.826. The third-order valence-corrected chi connectivity index (χ3v) is 8.29. The van der Waals surface area contributed by atoms with E-state index in [4.69, 9.17) is 0 Å². The second-order valence-corrected chi connectivity index (χ2v) is 12.4.